The zero-order valence-corrected chi connectivity index (χ0v) is 14.7. The van der Waals surface area contributed by atoms with Gasteiger partial charge < -0.3 is 10.6 Å². The minimum absolute atomic E-state index is 0.328. The standard InChI is InChI=1S/C17H15Cl2N5/c1-10-6-7-13(11(2)8-10)21-15-9-20-24-17(23-15)22-14-5-3-4-12(18)16(14)19/h3-9H,1-2H3,(H2,21,22,23,24). The molecule has 7 heteroatoms. The lowest BCUT2D eigenvalue weighted by molar-refractivity contribution is 0.982. The van der Waals surface area contributed by atoms with Crippen LogP contribution in [-0.2, 0) is 0 Å². The van der Waals surface area contributed by atoms with E-state index >= 15 is 0 Å². The van der Waals surface area contributed by atoms with Crippen LogP contribution in [0.3, 0.4) is 0 Å². The van der Waals surface area contributed by atoms with Crippen LogP contribution in [0.15, 0.2) is 42.6 Å². The van der Waals surface area contributed by atoms with Crippen LogP contribution in [0.25, 0.3) is 0 Å². The maximum Gasteiger partial charge on any atom is 0.249 e. The normalized spacial score (nSPS) is 10.5. The van der Waals surface area contributed by atoms with Crippen molar-refractivity contribution in [2.45, 2.75) is 13.8 Å². The molecule has 1 heterocycles. The molecule has 0 fully saturated rings. The number of hydrogen-bond donors (Lipinski definition) is 2. The number of nitrogens with one attached hydrogen (secondary N) is 2. The van der Waals surface area contributed by atoms with E-state index in [2.05, 4.69) is 38.8 Å². The average Bonchev–Trinajstić information content (AvgIpc) is 2.55. The van der Waals surface area contributed by atoms with Crippen molar-refractivity contribution in [3.05, 3.63) is 63.8 Å². The van der Waals surface area contributed by atoms with Crippen molar-refractivity contribution in [3.8, 4) is 0 Å². The molecule has 0 amide bonds. The van der Waals surface area contributed by atoms with Gasteiger partial charge in [-0.15, -0.1) is 5.10 Å². The molecule has 0 unspecified atom stereocenters. The molecular weight excluding hydrogens is 345 g/mol. The number of aromatic nitrogens is 3. The predicted octanol–water partition coefficient (Wildman–Crippen LogP) is 5.28. The number of benzene rings is 2. The predicted molar refractivity (Wildman–Crippen MR) is 98.8 cm³/mol. The smallest absolute Gasteiger partial charge is 0.249 e. The molecule has 0 saturated carbocycles. The number of halogens is 2. The second-order valence-corrected chi connectivity index (χ2v) is 6.12. The first-order valence-electron chi connectivity index (χ1n) is 7.28. The van der Waals surface area contributed by atoms with Crippen LogP contribution in [0.2, 0.25) is 10.0 Å². The Labute approximate surface area is 150 Å². The van der Waals surface area contributed by atoms with E-state index in [4.69, 9.17) is 23.2 Å². The summed E-state index contributed by atoms with van der Waals surface area (Å²) in [6.45, 7) is 4.09. The van der Waals surface area contributed by atoms with Crippen LogP contribution in [0.4, 0.5) is 23.1 Å². The van der Waals surface area contributed by atoms with Crippen molar-refractivity contribution in [3.63, 3.8) is 0 Å². The highest BCUT2D eigenvalue weighted by Gasteiger charge is 2.08. The van der Waals surface area contributed by atoms with E-state index in [0.717, 1.165) is 11.3 Å². The fourth-order valence-electron chi connectivity index (χ4n) is 2.23. The monoisotopic (exact) mass is 359 g/mol. The molecule has 0 spiro atoms. The first-order valence-corrected chi connectivity index (χ1v) is 8.03. The molecule has 0 aliphatic rings. The molecule has 122 valence electrons. The van der Waals surface area contributed by atoms with Gasteiger partial charge in [0.1, 0.15) is 0 Å². The van der Waals surface area contributed by atoms with Gasteiger partial charge >= 0.3 is 0 Å². The van der Waals surface area contributed by atoms with Gasteiger partial charge in [-0.3, -0.25) is 0 Å². The third kappa shape index (κ3) is 3.75. The van der Waals surface area contributed by atoms with Gasteiger partial charge in [-0.05, 0) is 37.6 Å². The lowest BCUT2D eigenvalue weighted by Gasteiger charge is -2.11. The Morgan fingerprint density at radius 3 is 2.58 bits per heavy atom. The summed E-state index contributed by atoms with van der Waals surface area (Å²) >= 11 is 12.2. The summed E-state index contributed by atoms with van der Waals surface area (Å²) in [5.74, 6) is 0.909. The summed E-state index contributed by atoms with van der Waals surface area (Å²) in [6.07, 6.45) is 1.56. The molecular formula is C17H15Cl2N5. The molecule has 0 aliphatic carbocycles. The Hall–Kier alpha value is -2.37. The van der Waals surface area contributed by atoms with E-state index in [0.29, 0.717) is 27.5 Å². The first-order chi connectivity index (χ1) is 11.5. The van der Waals surface area contributed by atoms with Crippen LogP contribution < -0.4 is 10.6 Å². The minimum atomic E-state index is 0.328. The maximum absolute atomic E-state index is 6.16. The van der Waals surface area contributed by atoms with Crippen molar-refractivity contribution >= 4 is 46.3 Å². The highest BCUT2D eigenvalue weighted by molar-refractivity contribution is 6.43. The number of anilines is 4. The highest BCUT2D eigenvalue weighted by Crippen LogP contribution is 2.31. The second-order valence-electron chi connectivity index (χ2n) is 5.33. The molecule has 2 N–H and O–H groups in total. The summed E-state index contributed by atoms with van der Waals surface area (Å²) in [5.41, 5.74) is 3.92. The number of nitrogens with zero attached hydrogens (tertiary/aromatic N) is 3. The van der Waals surface area contributed by atoms with Crippen LogP contribution in [-0.4, -0.2) is 15.2 Å². The number of aryl methyl sites for hydroxylation is 2. The van der Waals surface area contributed by atoms with Crippen molar-refractivity contribution in [2.75, 3.05) is 10.6 Å². The van der Waals surface area contributed by atoms with E-state index in [-0.39, 0.29) is 0 Å². The fourth-order valence-corrected chi connectivity index (χ4v) is 2.58. The SMILES string of the molecule is Cc1ccc(Nc2cnnc(Nc3cccc(Cl)c3Cl)n2)c(C)c1. The van der Waals surface area contributed by atoms with E-state index in [1.54, 1.807) is 24.4 Å². The van der Waals surface area contributed by atoms with Gasteiger partial charge in [0.05, 0.1) is 21.9 Å². The van der Waals surface area contributed by atoms with Crippen molar-refractivity contribution < 1.29 is 0 Å². The maximum atomic E-state index is 6.16. The third-order valence-electron chi connectivity index (χ3n) is 3.40. The van der Waals surface area contributed by atoms with Gasteiger partial charge in [-0.2, -0.15) is 10.1 Å². The lowest BCUT2D eigenvalue weighted by Crippen LogP contribution is -2.03. The van der Waals surface area contributed by atoms with E-state index in [1.165, 1.54) is 5.56 Å². The largest absolute Gasteiger partial charge is 0.339 e. The molecule has 5 nitrogen and oxygen atoms in total. The molecule has 24 heavy (non-hydrogen) atoms. The zero-order valence-electron chi connectivity index (χ0n) is 13.1. The Morgan fingerprint density at radius 2 is 1.79 bits per heavy atom. The highest BCUT2D eigenvalue weighted by atomic mass is 35.5. The average molecular weight is 360 g/mol. The molecule has 0 bridgehead atoms. The van der Waals surface area contributed by atoms with Crippen LogP contribution >= 0.6 is 23.2 Å². The van der Waals surface area contributed by atoms with Crippen molar-refractivity contribution in [1.82, 2.24) is 15.2 Å². The minimum Gasteiger partial charge on any atom is -0.339 e. The Balaban J connectivity index is 1.82. The summed E-state index contributed by atoms with van der Waals surface area (Å²) in [5, 5.41) is 15.1. The first kappa shape index (κ1) is 16.5. The molecule has 3 aromatic rings. The fraction of sp³-hybridized carbons (Fsp3) is 0.118. The lowest BCUT2D eigenvalue weighted by atomic mass is 10.1. The van der Waals surface area contributed by atoms with Gasteiger partial charge in [0.25, 0.3) is 0 Å². The van der Waals surface area contributed by atoms with Gasteiger partial charge in [0.2, 0.25) is 5.95 Å². The van der Waals surface area contributed by atoms with E-state index in [9.17, 15) is 0 Å². The van der Waals surface area contributed by atoms with Gasteiger partial charge in [-0.1, -0.05) is 47.0 Å². The van der Waals surface area contributed by atoms with Crippen LogP contribution in [0.1, 0.15) is 11.1 Å². The quantitative estimate of drug-likeness (QED) is 0.663. The van der Waals surface area contributed by atoms with Gasteiger partial charge in [-0.25, -0.2) is 0 Å². The van der Waals surface area contributed by atoms with E-state index in [1.807, 2.05) is 19.1 Å². The number of rotatable bonds is 4. The van der Waals surface area contributed by atoms with Crippen molar-refractivity contribution in [1.29, 1.82) is 0 Å². The van der Waals surface area contributed by atoms with Crippen LogP contribution in [0, 0.1) is 13.8 Å². The van der Waals surface area contributed by atoms with E-state index < -0.39 is 0 Å². The number of hydrogen-bond acceptors (Lipinski definition) is 5. The molecule has 1 aromatic heterocycles. The summed E-state index contributed by atoms with van der Waals surface area (Å²) in [6, 6.07) is 11.4. The second kappa shape index (κ2) is 7.03. The molecule has 0 aliphatic heterocycles. The van der Waals surface area contributed by atoms with Crippen molar-refractivity contribution in [2.24, 2.45) is 0 Å². The topological polar surface area (TPSA) is 62.7 Å². The summed E-state index contributed by atoms with van der Waals surface area (Å²) < 4.78 is 0. The Morgan fingerprint density at radius 1 is 0.958 bits per heavy atom. The van der Waals surface area contributed by atoms with Gasteiger partial charge in [0, 0.05) is 5.69 Å². The summed E-state index contributed by atoms with van der Waals surface area (Å²) in [4.78, 5) is 4.40. The molecule has 2 aromatic carbocycles. The molecule has 0 atom stereocenters. The molecule has 0 radical (unpaired) electrons. The zero-order chi connectivity index (χ0) is 17.1. The third-order valence-corrected chi connectivity index (χ3v) is 4.22. The molecule has 0 saturated heterocycles. The Bertz CT molecular complexity index is 883. The molecule has 3 rings (SSSR count). The Kier molecular flexibility index (Phi) is 4.83. The van der Waals surface area contributed by atoms with Gasteiger partial charge in [0.15, 0.2) is 5.82 Å². The summed E-state index contributed by atoms with van der Waals surface area (Å²) in [7, 11) is 0. The van der Waals surface area contributed by atoms with Crippen LogP contribution in [0.5, 0.6) is 0 Å².